The summed E-state index contributed by atoms with van der Waals surface area (Å²) in [5.41, 5.74) is 1.27. The van der Waals surface area contributed by atoms with Crippen molar-refractivity contribution in [3.63, 3.8) is 0 Å². The zero-order chi connectivity index (χ0) is 14.5. The van der Waals surface area contributed by atoms with Gasteiger partial charge in [0, 0.05) is 11.8 Å². The quantitative estimate of drug-likeness (QED) is 0.836. The molecule has 4 heteroatoms. The fourth-order valence-corrected chi connectivity index (χ4v) is 3.86. The minimum atomic E-state index is 0.677. The van der Waals surface area contributed by atoms with Crippen LogP contribution in [0.5, 0.6) is 0 Å². The maximum atomic E-state index is 6.02. The van der Waals surface area contributed by atoms with E-state index >= 15 is 0 Å². The van der Waals surface area contributed by atoms with Gasteiger partial charge in [0.25, 0.3) is 0 Å². The molecule has 0 aliphatic carbocycles. The molecule has 1 aromatic heterocycles. The van der Waals surface area contributed by atoms with Gasteiger partial charge in [-0.2, -0.15) is 11.8 Å². The molecule has 0 bridgehead atoms. The van der Waals surface area contributed by atoms with Crippen molar-refractivity contribution in [3.05, 3.63) is 23.2 Å². The van der Waals surface area contributed by atoms with Crippen molar-refractivity contribution in [2.24, 2.45) is 5.92 Å². The Bertz CT molecular complexity index is 411. The molecule has 1 saturated heterocycles. The normalized spacial score (nSPS) is 19.4. The van der Waals surface area contributed by atoms with Crippen LogP contribution in [-0.4, -0.2) is 36.0 Å². The van der Waals surface area contributed by atoms with Crippen LogP contribution in [0.2, 0.25) is 0 Å². The molecule has 1 aliphatic rings. The van der Waals surface area contributed by atoms with Crippen LogP contribution in [0.15, 0.2) is 10.5 Å². The molecule has 2 rings (SSSR count). The average molecular weight is 296 g/mol. The van der Waals surface area contributed by atoms with Gasteiger partial charge in [-0.15, -0.1) is 0 Å². The lowest BCUT2D eigenvalue weighted by atomic mass is 10.2. The van der Waals surface area contributed by atoms with E-state index in [2.05, 4.69) is 55.9 Å². The van der Waals surface area contributed by atoms with Crippen LogP contribution in [0, 0.1) is 12.8 Å². The summed E-state index contributed by atoms with van der Waals surface area (Å²) in [5.74, 6) is 5.43. The van der Waals surface area contributed by atoms with Gasteiger partial charge in [0.05, 0.1) is 13.1 Å². The topological polar surface area (TPSA) is 28.4 Å². The number of hydrogen-bond donors (Lipinski definition) is 1. The fraction of sp³-hybridized carbons (Fsp3) is 0.750. The first kappa shape index (κ1) is 15.9. The molecule has 1 N–H and O–H groups in total. The Morgan fingerprint density at radius 2 is 2.30 bits per heavy atom. The average Bonchev–Trinajstić information content (AvgIpc) is 2.99. The van der Waals surface area contributed by atoms with Crippen molar-refractivity contribution in [2.75, 3.05) is 25.1 Å². The third-order valence-electron chi connectivity index (χ3n) is 3.84. The highest BCUT2D eigenvalue weighted by molar-refractivity contribution is 7.99. The standard InChI is InChI=1S/C16H28N2OS/c1-12(2)8-17-9-16-13(3)7-15(19-16)10-18(4)14-5-6-20-11-14/h7,12,14,17H,5-6,8-11H2,1-4H3. The lowest BCUT2D eigenvalue weighted by molar-refractivity contribution is 0.231. The van der Waals surface area contributed by atoms with Crippen LogP contribution in [0.3, 0.4) is 0 Å². The zero-order valence-corrected chi connectivity index (χ0v) is 14.1. The molecule has 0 aromatic carbocycles. The van der Waals surface area contributed by atoms with Crippen molar-refractivity contribution >= 4 is 11.8 Å². The van der Waals surface area contributed by atoms with Gasteiger partial charge < -0.3 is 9.73 Å². The van der Waals surface area contributed by atoms with Crippen LogP contribution in [0.4, 0.5) is 0 Å². The van der Waals surface area contributed by atoms with Crippen molar-refractivity contribution in [1.82, 2.24) is 10.2 Å². The summed E-state index contributed by atoms with van der Waals surface area (Å²) in [6.45, 7) is 9.40. The summed E-state index contributed by atoms with van der Waals surface area (Å²) in [6, 6.07) is 2.92. The Labute approximate surface area is 127 Å². The molecule has 1 aromatic rings. The van der Waals surface area contributed by atoms with E-state index in [0.717, 1.165) is 31.2 Å². The van der Waals surface area contributed by atoms with E-state index in [4.69, 9.17) is 4.42 Å². The highest BCUT2D eigenvalue weighted by atomic mass is 32.2. The van der Waals surface area contributed by atoms with Crippen molar-refractivity contribution in [1.29, 1.82) is 0 Å². The van der Waals surface area contributed by atoms with Gasteiger partial charge in [0.2, 0.25) is 0 Å². The summed E-state index contributed by atoms with van der Waals surface area (Å²) in [7, 11) is 2.21. The predicted molar refractivity (Wildman–Crippen MR) is 87.2 cm³/mol. The Morgan fingerprint density at radius 1 is 1.50 bits per heavy atom. The third-order valence-corrected chi connectivity index (χ3v) is 4.99. The molecular formula is C16H28N2OS. The Balaban J connectivity index is 1.86. The monoisotopic (exact) mass is 296 g/mol. The minimum absolute atomic E-state index is 0.677. The molecule has 20 heavy (non-hydrogen) atoms. The maximum Gasteiger partial charge on any atom is 0.120 e. The molecular weight excluding hydrogens is 268 g/mol. The SMILES string of the molecule is Cc1cc(CN(C)C2CCSC2)oc1CNCC(C)C. The first-order chi connectivity index (χ1) is 9.56. The zero-order valence-electron chi connectivity index (χ0n) is 13.2. The summed E-state index contributed by atoms with van der Waals surface area (Å²) in [5, 5.41) is 3.45. The Kier molecular flexibility index (Phi) is 6.00. The van der Waals surface area contributed by atoms with Gasteiger partial charge in [-0.25, -0.2) is 0 Å². The highest BCUT2D eigenvalue weighted by Crippen LogP contribution is 2.23. The third kappa shape index (κ3) is 4.54. The number of hydrogen-bond acceptors (Lipinski definition) is 4. The lowest BCUT2D eigenvalue weighted by Crippen LogP contribution is -2.30. The largest absolute Gasteiger partial charge is 0.463 e. The number of nitrogens with one attached hydrogen (secondary N) is 1. The number of aryl methyl sites for hydroxylation is 1. The van der Waals surface area contributed by atoms with E-state index in [0.29, 0.717) is 12.0 Å². The molecule has 0 amide bonds. The Hall–Kier alpha value is -0.450. The molecule has 0 radical (unpaired) electrons. The highest BCUT2D eigenvalue weighted by Gasteiger charge is 2.21. The second-order valence-electron chi connectivity index (χ2n) is 6.28. The molecule has 1 aliphatic heterocycles. The maximum absolute atomic E-state index is 6.02. The fourth-order valence-electron chi connectivity index (χ4n) is 2.56. The molecule has 1 unspecified atom stereocenters. The van der Waals surface area contributed by atoms with Crippen LogP contribution >= 0.6 is 11.8 Å². The smallest absolute Gasteiger partial charge is 0.120 e. The Morgan fingerprint density at radius 3 is 2.95 bits per heavy atom. The van der Waals surface area contributed by atoms with E-state index in [-0.39, 0.29) is 0 Å². The minimum Gasteiger partial charge on any atom is -0.463 e. The van der Waals surface area contributed by atoms with E-state index < -0.39 is 0 Å². The van der Waals surface area contributed by atoms with E-state index in [1.54, 1.807) is 0 Å². The van der Waals surface area contributed by atoms with Crippen LogP contribution < -0.4 is 5.32 Å². The van der Waals surface area contributed by atoms with E-state index in [9.17, 15) is 0 Å². The van der Waals surface area contributed by atoms with Gasteiger partial charge in [0.15, 0.2) is 0 Å². The number of nitrogens with zero attached hydrogens (tertiary/aromatic N) is 1. The van der Waals surface area contributed by atoms with Gasteiger partial charge in [-0.1, -0.05) is 13.8 Å². The molecule has 0 saturated carbocycles. The van der Waals surface area contributed by atoms with Gasteiger partial charge in [0.1, 0.15) is 11.5 Å². The summed E-state index contributed by atoms with van der Waals surface area (Å²) in [4.78, 5) is 2.43. The summed E-state index contributed by atoms with van der Waals surface area (Å²) in [6.07, 6.45) is 1.31. The number of thioether (sulfide) groups is 1. The van der Waals surface area contributed by atoms with Crippen LogP contribution in [-0.2, 0) is 13.1 Å². The van der Waals surface area contributed by atoms with Gasteiger partial charge in [-0.3, -0.25) is 4.90 Å². The molecule has 3 nitrogen and oxygen atoms in total. The van der Waals surface area contributed by atoms with Gasteiger partial charge in [-0.05, 0) is 50.2 Å². The first-order valence-corrected chi connectivity index (χ1v) is 8.78. The van der Waals surface area contributed by atoms with Gasteiger partial charge >= 0.3 is 0 Å². The van der Waals surface area contributed by atoms with Crippen molar-refractivity contribution < 1.29 is 4.42 Å². The van der Waals surface area contributed by atoms with Crippen LogP contribution in [0.25, 0.3) is 0 Å². The number of rotatable bonds is 7. The summed E-state index contributed by atoms with van der Waals surface area (Å²) >= 11 is 2.06. The molecule has 0 spiro atoms. The summed E-state index contributed by atoms with van der Waals surface area (Å²) < 4.78 is 6.02. The number of furan rings is 1. The van der Waals surface area contributed by atoms with Crippen LogP contribution in [0.1, 0.15) is 37.4 Å². The van der Waals surface area contributed by atoms with E-state index in [1.165, 1.54) is 23.5 Å². The second-order valence-corrected chi connectivity index (χ2v) is 7.43. The molecule has 1 atom stereocenters. The van der Waals surface area contributed by atoms with Crippen molar-refractivity contribution in [3.8, 4) is 0 Å². The van der Waals surface area contributed by atoms with Crippen molar-refractivity contribution in [2.45, 2.75) is 46.3 Å². The second kappa shape index (κ2) is 7.53. The predicted octanol–water partition coefficient (Wildman–Crippen LogP) is 3.27. The molecule has 2 heterocycles. The molecule has 114 valence electrons. The molecule has 1 fully saturated rings. The lowest BCUT2D eigenvalue weighted by Gasteiger charge is -2.22. The first-order valence-electron chi connectivity index (χ1n) is 7.63. The van der Waals surface area contributed by atoms with E-state index in [1.807, 2.05) is 0 Å².